The molecule has 0 radical (unpaired) electrons. The van der Waals surface area contributed by atoms with Crippen LogP contribution in [0.25, 0.3) is 11.2 Å². The van der Waals surface area contributed by atoms with Gasteiger partial charge in [0.2, 0.25) is 0 Å². The van der Waals surface area contributed by atoms with Gasteiger partial charge in [0.05, 0.1) is 6.33 Å². The number of fused-ring (bicyclic) bond motifs is 1. The number of aromatic nitrogens is 4. The second-order valence-corrected chi connectivity index (χ2v) is 3.80. The fourth-order valence-electron chi connectivity index (χ4n) is 0.959. The van der Waals surface area contributed by atoms with E-state index in [4.69, 9.17) is 5.14 Å². The van der Waals surface area contributed by atoms with Crippen LogP contribution in [-0.2, 0) is 10.0 Å². The molecular weight excluding hydrogens is 194 g/mol. The molecule has 0 aliphatic heterocycles. The zero-order valence-electron chi connectivity index (χ0n) is 6.30. The Morgan fingerprint density at radius 1 is 1.31 bits per heavy atom. The minimum atomic E-state index is -3.82. The third kappa shape index (κ3) is 1.25. The summed E-state index contributed by atoms with van der Waals surface area (Å²) in [6.07, 6.45) is 2.43. The molecule has 2 aromatic heterocycles. The summed E-state index contributed by atoms with van der Waals surface area (Å²) in [5.74, 6) is 0. The van der Waals surface area contributed by atoms with Crippen molar-refractivity contribution in [3.8, 4) is 0 Å². The van der Waals surface area contributed by atoms with Crippen LogP contribution in [0, 0.1) is 0 Å². The molecule has 0 aliphatic rings. The van der Waals surface area contributed by atoms with Crippen LogP contribution in [0.5, 0.6) is 0 Å². The molecular formula is C5H5N5O2S. The predicted octanol–water partition coefficient (Wildman–Crippen LogP) is -1.000. The highest BCUT2D eigenvalue weighted by Crippen LogP contribution is 2.12. The zero-order valence-corrected chi connectivity index (χ0v) is 7.11. The van der Waals surface area contributed by atoms with Crippen LogP contribution in [0.4, 0.5) is 0 Å². The van der Waals surface area contributed by atoms with E-state index in [9.17, 15) is 8.42 Å². The van der Waals surface area contributed by atoms with E-state index in [2.05, 4.69) is 19.9 Å². The first-order chi connectivity index (χ1) is 6.09. The summed E-state index contributed by atoms with van der Waals surface area (Å²) in [7, 11) is -3.82. The van der Waals surface area contributed by atoms with Crippen LogP contribution in [0.3, 0.4) is 0 Å². The van der Waals surface area contributed by atoms with E-state index in [0.29, 0.717) is 0 Å². The first kappa shape index (κ1) is 8.08. The Labute approximate surface area is 73.1 Å². The van der Waals surface area contributed by atoms with Gasteiger partial charge in [0.1, 0.15) is 11.8 Å². The van der Waals surface area contributed by atoms with Gasteiger partial charge in [0.15, 0.2) is 10.7 Å². The van der Waals surface area contributed by atoms with Gasteiger partial charge in [-0.15, -0.1) is 0 Å². The smallest absolute Gasteiger partial charge is 0.257 e. The third-order valence-corrected chi connectivity index (χ3v) is 2.31. The van der Waals surface area contributed by atoms with Gasteiger partial charge in [-0.25, -0.2) is 28.5 Å². The molecule has 2 heterocycles. The Bertz CT molecular complexity index is 545. The van der Waals surface area contributed by atoms with Gasteiger partial charge < -0.3 is 4.98 Å². The van der Waals surface area contributed by atoms with E-state index in [1.807, 2.05) is 0 Å². The first-order valence-electron chi connectivity index (χ1n) is 3.26. The van der Waals surface area contributed by atoms with E-state index in [1.54, 1.807) is 0 Å². The number of nitrogens with zero attached hydrogens (tertiary/aromatic N) is 3. The topological polar surface area (TPSA) is 115 Å². The van der Waals surface area contributed by atoms with Gasteiger partial charge >= 0.3 is 0 Å². The molecule has 0 aliphatic carbocycles. The number of nitrogens with one attached hydrogen (secondary N) is 1. The Morgan fingerprint density at radius 3 is 2.77 bits per heavy atom. The molecule has 0 fully saturated rings. The summed E-state index contributed by atoms with van der Waals surface area (Å²) in [6, 6.07) is 0. The van der Waals surface area contributed by atoms with Crippen LogP contribution in [0.2, 0.25) is 0 Å². The van der Waals surface area contributed by atoms with Crippen molar-refractivity contribution in [3.63, 3.8) is 0 Å². The molecule has 2 aromatic rings. The standard InChI is InChI=1S/C5H5N5O2S/c6-13(11,12)5-3-4(8-1-7-3)9-2-10-5/h1-2H,(H2,6,11,12)(H,7,8,9,10). The molecule has 0 atom stereocenters. The lowest BCUT2D eigenvalue weighted by molar-refractivity contribution is 0.595. The molecule has 13 heavy (non-hydrogen) atoms. The quantitative estimate of drug-likeness (QED) is 0.571. The van der Waals surface area contributed by atoms with E-state index >= 15 is 0 Å². The maximum atomic E-state index is 11.0. The number of primary sulfonamides is 1. The van der Waals surface area contributed by atoms with Crippen molar-refractivity contribution in [2.24, 2.45) is 5.14 Å². The number of nitrogens with two attached hydrogens (primary N) is 1. The van der Waals surface area contributed by atoms with E-state index in [0.717, 1.165) is 6.33 Å². The van der Waals surface area contributed by atoms with Crippen LogP contribution < -0.4 is 5.14 Å². The highest BCUT2D eigenvalue weighted by molar-refractivity contribution is 7.89. The average molecular weight is 199 g/mol. The summed E-state index contributed by atoms with van der Waals surface area (Å²) in [6.45, 7) is 0. The number of imidazole rings is 1. The minimum absolute atomic E-state index is 0.227. The van der Waals surface area contributed by atoms with Gasteiger partial charge in [-0.3, -0.25) is 0 Å². The van der Waals surface area contributed by atoms with Crippen molar-refractivity contribution in [2.45, 2.75) is 5.03 Å². The predicted molar refractivity (Wildman–Crippen MR) is 43.1 cm³/mol. The van der Waals surface area contributed by atoms with Crippen molar-refractivity contribution in [1.29, 1.82) is 0 Å². The normalized spacial score (nSPS) is 12.1. The lowest BCUT2D eigenvalue weighted by atomic mass is 10.6. The first-order valence-corrected chi connectivity index (χ1v) is 4.80. The number of rotatable bonds is 1. The highest BCUT2D eigenvalue weighted by atomic mass is 32.2. The summed E-state index contributed by atoms with van der Waals surface area (Å²) in [5.41, 5.74) is 0.504. The summed E-state index contributed by atoms with van der Waals surface area (Å²) in [4.78, 5) is 13.7. The molecule has 8 heteroatoms. The molecule has 68 valence electrons. The number of aromatic amines is 1. The molecule has 7 nitrogen and oxygen atoms in total. The number of hydrogen-bond donors (Lipinski definition) is 2. The molecule has 0 aromatic carbocycles. The lowest BCUT2D eigenvalue weighted by Gasteiger charge is -1.95. The monoisotopic (exact) mass is 199 g/mol. The number of H-pyrrole nitrogens is 1. The maximum Gasteiger partial charge on any atom is 0.257 e. The molecule has 0 bridgehead atoms. The van der Waals surface area contributed by atoms with Crippen molar-refractivity contribution in [3.05, 3.63) is 12.7 Å². The lowest BCUT2D eigenvalue weighted by Crippen LogP contribution is -2.14. The SMILES string of the molecule is NS(=O)(=O)c1ncnc2nc[nH]c12. The highest BCUT2D eigenvalue weighted by Gasteiger charge is 2.15. The minimum Gasteiger partial charge on any atom is -0.341 e. The molecule has 0 saturated heterocycles. The Hall–Kier alpha value is -1.54. The van der Waals surface area contributed by atoms with Gasteiger partial charge in [0, 0.05) is 0 Å². The van der Waals surface area contributed by atoms with Gasteiger partial charge in [-0.05, 0) is 0 Å². The third-order valence-electron chi connectivity index (χ3n) is 1.46. The molecule has 0 saturated carbocycles. The maximum absolute atomic E-state index is 11.0. The molecule has 2 rings (SSSR count). The fraction of sp³-hybridized carbons (Fsp3) is 0. The Morgan fingerprint density at radius 2 is 2.08 bits per heavy atom. The van der Waals surface area contributed by atoms with Gasteiger partial charge in [-0.1, -0.05) is 0 Å². The number of sulfonamides is 1. The average Bonchev–Trinajstić information content (AvgIpc) is 2.48. The summed E-state index contributed by atoms with van der Waals surface area (Å²) in [5, 5.41) is 4.68. The van der Waals surface area contributed by atoms with Gasteiger partial charge in [0.25, 0.3) is 10.0 Å². The molecule has 0 spiro atoms. The Balaban J connectivity index is 2.91. The van der Waals surface area contributed by atoms with Crippen LogP contribution in [-0.4, -0.2) is 28.4 Å². The van der Waals surface area contributed by atoms with Gasteiger partial charge in [-0.2, -0.15) is 0 Å². The van der Waals surface area contributed by atoms with Crippen LogP contribution in [0.1, 0.15) is 0 Å². The van der Waals surface area contributed by atoms with Crippen molar-refractivity contribution < 1.29 is 8.42 Å². The summed E-state index contributed by atoms with van der Waals surface area (Å²) >= 11 is 0. The fourth-order valence-corrected chi connectivity index (χ4v) is 1.59. The van der Waals surface area contributed by atoms with E-state index in [1.165, 1.54) is 6.33 Å². The second kappa shape index (κ2) is 2.47. The second-order valence-electron chi connectivity index (χ2n) is 2.32. The van der Waals surface area contributed by atoms with E-state index < -0.39 is 10.0 Å². The zero-order chi connectivity index (χ0) is 9.47. The van der Waals surface area contributed by atoms with E-state index in [-0.39, 0.29) is 16.2 Å². The largest absolute Gasteiger partial charge is 0.341 e. The van der Waals surface area contributed by atoms with Crippen LogP contribution in [0.15, 0.2) is 17.7 Å². The molecule has 0 amide bonds. The van der Waals surface area contributed by atoms with Crippen LogP contribution >= 0.6 is 0 Å². The molecule has 3 N–H and O–H groups in total. The summed E-state index contributed by atoms with van der Waals surface area (Å²) < 4.78 is 22.0. The van der Waals surface area contributed by atoms with Crippen molar-refractivity contribution in [1.82, 2.24) is 19.9 Å². The number of hydrogen-bond acceptors (Lipinski definition) is 5. The van der Waals surface area contributed by atoms with Crippen molar-refractivity contribution in [2.75, 3.05) is 0 Å². The Kier molecular flexibility index (Phi) is 1.54. The molecule has 0 unspecified atom stereocenters. The van der Waals surface area contributed by atoms with Crippen molar-refractivity contribution >= 4 is 21.2 Å².